The Labute approximate surface area is 94.6 Å². The molecule has 1 aromatic carbocycles. The summed E-state index contributed by atoms with van der Waals surface area (Å²) in [5, 5.41) is 0.294. The Balaban J connectivity index is 3.29. The second-order valence-electron chi connectivity index (χ2n) is 2.55. The van der Waals surface area contributed by atoms with Gasteiger partial charge in [-0.05, 0) is 17.7 Å². The molecule has 0 aliphatic heterocycles. The number of alkyl halides is 4. The van der Waals surface area contributed by atoms with Crippen molar-refractivity contribution in [1.29, 1.82) is 0 Å². The Morgan fingerprint density at radius 3 is 2.21 bits per heavy atom. The first-order chi connectivity index (χ1) is 6.36. The van der Waals surface area contributed by atoms with Crippen LogP contribution in [0.25, 0.3) is 0 Å². The van der Waals surface area contributed by atoms with Crippen LogP contribution in [0.5, 0.6) is 0 Å². The molecule has 0 atom stereocenters. The van der Waals surface area contributed by atoms with Crippen molar-refractivity contribution in [1.82, 2.24) is 0 Å². The Hall–Kier alpha value is -0.100. The summed E-state index contributed by atoms with van der Waals surface area (Å²) >= 11 is 5.98. The van der Waals surface area contributed by atoms with Crippen molar-refractivity contribution in [2.75, 3.05) is 0 Å². The van der Waals surface area contributed by atoms with Crippen molar-refractivity contribution in [2.24, 2.45) is 0 Å². The Morgan fingerprint density at radius 1 is 1.21 bits per heavy atom. The van der Waals surface area contributed by atoms with E-state index >= 15 is 0 Å². The molecule has 0 saturated carbocycles. The van der Waals surface area contributed by atoms with Gasteiger partial charge in [0.15, 0.2) is 0 Å². The van der Waals surface area contributed by atoms with Crippen LogP contribution < -0.4 is 0 Å². The Kier molecular flexibility index (Phi) is 3.58. The summed E-state index contributed by atoms with van der Waals surface area (Å²) in [7, 11) is 0. The van der Waals surface area contributed by atoms with E-state index in [1.165, 1.54) is 0 Å². The van der Waals surface area contributed by atoms with Gasteiger partial charge in [0.05, 0.1) is 5.56 Å². The zero-order chi connectivity index (χ0) is 10.9. The maximum absolute atomic E-state index is 13.0. The third-order valence-corrected chi connectivity index (χ3v) is 2.93. The molecule has 0 bridgehead atoms. The lowest BCUT2D eigenvalue weighted by Gasteiger charge is -2.10. The first-order valence-electron chi connectivity index (χ1n) is 3.47. The highest BCUT2D eigenvalue weighted by Gasteiger charge is 2.34. The zero-order valence-corrected chi connectivity index (χ0v) is 9.80. The molecule has 14 heavy (non-hydrogen) atoms. The first-order valence-corrected chi connectivity index (χ1v) is 5.38. The van der Waals surface area contributed by atoms with Crippen molar-refractivity contribution in [3.05, 3.63) is 33.5 Å². The van der Waals surface area contributed by atoms with Gasteiger partial charge < -0.3 is 0 Å². The third kappa shape index (κ3) is 2.48. The van der Waals surface area contributed by atoms with Gasteiger partial charge in [0.25, 0.3) is 0 Å². The maximum atomic E-state index is 13.0. The molecule has 78 valence electrons. The summed E-state index contributed by atoms with van der Waals surface area (Å²) < 4.78 is 49.8. The van der Waals surface area contributed by atoms with E-state index in [-0.39, 0.29) is 4.47 Å². The zero-order valence-electron chi connectivity index (χ0n) is 6.63. The van der Waals surface area contributed by atoms with Gasteiger partial charge in [0, 0.05) is 9.80 Å². The molecule has 0 saturated heterocycles. The fourth-order valence-electron chi connectivity index (χ4n) is 0.908. The Morgan fingerprint density at radius 2 is 1.79 bits per heavy atom. The van der Waals surface area contributed by atoms with Crippen LogP contribution >= 0.6 is 31.9 Å². The highest BCUT2D eigenvalue weighted by Crippen LogP contribution is 2.34. The molecule has 0 amide bonds. The van der Waals surface area contributed by atoms with Gasteiger partial charge in [-0.3, -0.25) is 0 Å². The van der Waals surface area contributed by atoms with Gasteiger partial charge in [-0.2, -0.15) is 13.2 Å². The monoisotopic (exact) mass is 334 g/mol. The van der Waals surface area contributed by atoms with Crippen LogP contribution in [0.2, 0.25) is 0 Å². The molecule has 0 aromatic heterocycles. The summed E-state index contributed by atoms with van der Waals surface area (Å²) in [6.45, 7) is 0. The van der Waals surface area contributed by atoms with Crippen LogP contribution in [0, 0.1) is 5.82 Å². The Bertz CT molecular complexity index is 346. The molecule has 6 heteroatoms. The average Bonchev–Trinajstić information content (AvgIpc) is 2.06. The molecule has 0 unspecified atom stereocenters. The van der Waals surface area contributed by atoms with Gasteiger partial charge in [0.1, 0.15) is 5.82 Å². The smallest absolute Gasteiger partial charge is 0.206 e. The topological polar surface area (TPSA) is 0 Å². The summed E-state index contributed by atoms with van der Waals surface area (Å²) in [4.78, 5) is 0. The number of halogens is 6. The van der Waals surface area contributed by atoms with E-state index in [2.05, 4.69) is 31.9 Å². The minimum absolute atomic E-state index is 0.239. The van der Waals surface area contributed by atoms with Crippen LogP contribution in [-0.4, -0.2) is 0 Å². The van der Waals surface area contributed by atoms with E-state index in [0.717, 1.165) is 12.1 Å². The first kappa shape index (κ1) is 12.0. The van der Waals surface area contributed by atoms with E-state index in [4.69, 9.17) is 0 Å². The quantitative estimate of drug-likeness (QED) is 0.523. The highest BCUT2D eigenvalue weighted by molar-refractivity contribution is 9.10. The molecule has 0 aliphatic carbocycles. The third-order valence-electron chi connectivity index (χ3n) is 1.59. The van der Waals surface area contributed by atoms with Gasteiger partial charge in [-0.1, -0.05) is 31.9 Å². The molecule has 0 radical (unpaired) electrons. The minimum atomic E-state index is -4.66. The number of hydrogen-bond donors (Lipinski definition) is 0. The molecule has 0 fully saturated rings. The molecule has 0 heterocycles. The van der Waals surface area contributed by atoms with Crippen LogP contribution in [0.4, 0.5) is 17.6 Å². The summed E-state index contributed by atoms with van der Waals surface area (Å²) in [6, 6.07) is 1.60. The fourth-order valence-corrected chi connectivity index (χ4v) is 2.23. The largest absolute Gasteiger partial charge is 0.419 e. The van der Waals surface area contributed by atoms with E-state index in [1.54, 1.807) is 0 Å². The summed E-state index contributed by atoms with van der Waals surface area (Å²) in [5.41, 5.74) is -0.815. The van der Waals surface area contributed by atoms with Crippen molar-refractivity contribution in [3.8, 4) is 0 Å². The SMILES string of the molecule is Fc1cc(CBr)c(Br)cc1C(F)(F)F. The van der Waals surface area contributed by atoms with Crippen LogP contribution in [0.1, 0.15) is 11.1 Å². The van der Waals surface area contributed by atoms with Crippen molar-refractivity contribution in [2.45, 2.75) is 11.5 Å². The van der Waals surface area contributed by atoms with E-state index < -0.39 is 17.6 Å². The van der Waals surface area contributed by atoms with Crippen molar-refractivity contribution >= 4 is 31.9 Å². The van der Waals surface area contributed by atoms with Gasteiger partial charge >= 0.3 is 6.18 Å². The van der Waals surface area contributed by atoms with Crippen molar-refractivity contribution in [3.63, 3.8) is 0 Å². The summed E-state index contributed by atoms with van der Waals surface area (Å²) in [5.74, 6) is -1.25. The standard InChI is InChI=1S/C8H4Br2F4/c9-3-4-1-7(11)5(2-6(4)10)8(12,13)14/h1-2H,3H2. The fraction of sp³-hybridized carbons (Fsp3) is 0.250. The lowest BCUT2D eigenvalue weighted by Crippen LogP contribution is -2.08. The average molecular weight is 336 g/mol. The van der Waals surface area contributed by atoms with Crippen molar-refractivity contribution < 1.29 is 17.6 Å². The number of hydrogen-bond acceptors (Lipinski definition) is 0. The predicted molar refractivity (Wildman–Crippen MR) is 51.7 cm³/mol. The lowest BCUT2D eigenvalue weighted by atomic mass is 10.1. The van der Waals surface area contributed by atoms with Crippen LogP contribution in [0.15, 0.2) is 16.6 Å². The second kappa shape index (κ2) is 4.18. The molecule has 0 aliphatic rings. The minimum Gasteiger partial charge on any atom is -0.206 e. The van der Waals surface area contributed by atoms with Crippen LogP contribution in [-0.2, 0) is 11.5 Å². The molecule has 0 nitrogen and oxygen atoms in total. The van der Waals surface area contributed by atoms with E-state index in [9.17, 15) is 17.6 Å². The maximum Gasteiger partial charge on any atom is 0.419 e. The molecule has 1 aromatic rings. The lowest BCUT2D eigenvalue weighted by molar-refractivity contribution is -0.140. The number of benzene rings is 1. The second-order valence-corrected chi connectivity index (χ2v) is 3.97. The van der Waals surface area contributed by atoms with Gasteiger partial charge in [-0.25, -0.2) is 4.39 Å². The molecule has 1 rings (SSSR count). The van der Waals surface area contributed by atoms with E-state index in [0.29, 0.717) is 10.9 Å². The molecular formula is C8H4Br2F4. The highest BCUT2D eigenvalue weighted by atomic mass is 79.9. The molecule has 0 N–H and O–H groups in total. The van der Waals surface area contributed by atoms with Gasteiger partial charge in [0.2, 0.25) is 0 Å². The van der Waals surface area contributed by atoms with Crippen LogP contribution in [0.3, 0.4) is 0 Å². The number of rotatable bonds is 1. The summed E-state index contributed by atoms with van der Waals surface area (Å²) in [6.07, 6.45) is -4.66. The van der Waals surface area contributed by atoms with E-state index in [1.807, 2.05) is 0 Å². The predicted octanol–water partition coefficient (Wildman–Crippen LogP) is 4.50. The normalized spacial score (nSPS) is 11.9. The molecule has 0 spiro atoms. The van der Waals surface area contributed by atoms with Gasteiger partial charge in [-0.15, -0.1) is 0 Å². The molecular weight excluding hydrogens is 332 g/mol.